The van der Waals surface area contributed by atoms with Gasteiger partial charge in [-0.2, -0.15) is 0 Å². The van der Waals surface area contributed by atoms with E-state index >= 15 is 0 Å². The van der Waals surface area contributed by atoms with Gasteiger partial charge in [0.1, 0.15) is 24.6 Å². The Morgan fingerprint density at radius 2 is 2.07 bits per heavy atom. The third kappa shape index (κ3) is 4.05. The Kier molecular flexibility index (Phi) is 5.93. The van der Waals surface area contributed by atoms with Gasteiger partial charge in [-0.25, -0.2) is 15.0 Å². The molecule has 4 rings (SSSR count). The van der Waals surface area contributed by atoms with E-state index in [9.17, 15) is 10.2 Å². The molecule has 3 aromatic rings. The van der Waals surface area contributed by atoms with E-state index in [0.29, 0.717) is 35.1 Å². The number of nitrogens with zero attached hydrogens (tertiary/aromatic N) is 4. The number of aliphatic hydroxyl groups excluding tert-OH is 2. The molecular formula is C19H23ClN6O3. The van der Waals surface area contributed by atoms with Gasteiger partial charge in [0.05, 0.1) is 6.33 Å². The largest absolute Gasteiger partial charge is 0.387 e. The van der Waals surface area contributed by atoms with Crippen molar-refractivity contribution in [1.82, 2.24) is 24.8 Å². The standard InChI is InChI=1S/C19H23ClN6O3/c1-2-21-8-13-15(27)16(28)19(29-13)26-10-25-14-17(23-9-24-18(14)26)22-7-11-4-3-5-12(20)6-11/h3-6,9-10,13,15-16,19,21,27-28H,2,7-8H2,1H3,(H,22,23,24)/t13-,15-,16-,19-/m1/s1. The summed E-state index contributed by atoms with van der Waals surface area (Å²) in [4.78, 5) is 13.0. The third-order valence-corrected chi connectivity index (χ3v) is 5.15. The highest BCUT2D eigenvalue weighted by Crippen LogP contribution is 2.32. The molecule has 0 aliphatic carbocycles. The molecule has 1 saturated heterocycles. The van der Waals surface area contributed by atoms with Crippen LogP contribution in [0.3, 0.4) is 0 Å². The summed E-state index contributed by atoms with van der Waals surface area (Å²) in [6.07, 6.45) is -0.425. The number of imidazole rings is 1. The van der Waals surface area contributed by atoms with Crippen molar-refractivity contribution in [2.24, 2.45) is 0 Å². The molecule has 3 heterocycles. The minimum absolute atomic E-state index is 0.444. The van der Waals surface area contributed by atoms with Gasteiger partial charge in [-0.1, -0.05) is 30.7 Å². The van der Waals surface area contributed by atoms with Crippen molar-refractivity contribution < 1.29 is 14.9 Å². The first-order valence-electron chi connectivity index (χ1n) is 9.46. The summed E-state index contributed by atoms with van der Waals surface area (Å²) in [5, 5.41) is 27.8. The Bertz CT molecular complexity index is 983. The minimum Gasteiger partial charge on any atom is -0.387 e. The second kappa shape index (κ2) is 8.60. The number of benzene rings is 1. The maximum Gasteiger partial charge on any atom is 0.167 e. The van der Waals surface area contributed by atoms with Gasteiger partial charge in [0.15, 0.2) is 23.2 Å². The lowest BCUT2D eigenvalue weighted by Crippen LogP contribution is -2.37. The van der Waals surface area contributed by atoms with Crippen LogP contribution in [0.5, 0.6) is 0 Å². The van der Waals surface area contributed by atoms with E-state index in [4.69, 9.17) is 16.3 Å². The van der Waals surface area contributed by atoms with Gasteiger partial charge in [0.2, 0.25) is 0 Å². The van der Waals surface area contributed by atoms with E-state index in [2.05, 4.69) is 25.6 Å². The molecule has 0 amide bonds. The number of nitrogens with one attached hydrogen (secondary N) is 2. The molecule has 0 radical (unpaired) electrons. The second-order valence-electron chi connectivity index (χ2n) is 6.88. The van der Waals surface area contributed by atoms with Gasteiger partial charge in [-0.3, -0.25) is 4.57 Å². The average molecular weight is 419 g/mol. The zero-order valence-corrected chi connectivity index (χ0v) is 16.6. The highest BCUT2D eigenvalue weighted by atomic mass is 35.5. The SMILES string of the molecule is CCNC[C@H]1O[C@@H](n2cnc3c(NCc4cccc(Cl)c4)ncnc32)[C@H](O)[C@@H]1O. The molecule has 1 aliphatic heterocycles. The molecule has 0 unspecified atom stereocenters. The molecule has 29 heavy (non-hydrogen) atoms. The Morgan fingerprint density at radius 1 is 1.21 bits per heavy atom. The average Bonchev–Trinajstić information content (AvgIpc) is 3.27. The zero-order valence-electron chi connectivity index (χ0n) is 15.9. The van der Waals surface area contributed by atoms with Crippen molar-refractivity contribution in [3.05, 3.63) is 47.5 Å². The fourth-order valence-corrected chi connectivity index (χ4v) is 3.63. The van der Waals surface area contributed by atoms with Crippen molar-refractivity contribution in [3.8, 4) is 0 Å². The van der Waals surface area contributed by atoms with Crippen molar-refractivity contribution in [3.63, 3.8) is 0 Å². The first kappa shape index (κ1) is 20.0. The maximum atomic E-state index is 10.5. The van der Waals surface area contributed by atoms with Gasteiger partial charge >= 0.3 is 0 Å². The molecular weight excluding hydrogens is 396 g/mol. The number of ether oxygens (including phenoxy) is 1. The van der Waals surface area contributed by atoms with Crippen LogP contribution in [0.25, 0.3) is 11.2 Å². The summed E-state index contributed by atoms with van der Waals surface area (Å²) in [7, 11) is 0. The Balaban J connectivity index is 1.56. The van der Waals surface area contributed by atoms with Crippen molar-refractivity contribution in [2.45, 2.75) is 38.0 Å². The van der Waals surface area contributed by atoms with E-state index < -0.39 is 24.5 Å². The predicted octanol–water partition coefficient (Wildman–Crippen LogP) is 1.32. The molecule has 10 heteroatoms. The molecule has 0 bridgehead atoms. The highest BCUT2D eigenvalue weighted by molar-refractivity contribution is 6.30. The number of aromatic nitrogens is 4. The lowest BCUT2D eigenvalue weighted by Gasteiger charge is -2.16. The van der Waals surface area contributed by atoms with Gasteiger partial charge in [0, 0.05) is 18.1 Å². The molecule has 0 spiro atoms. The van der Waals surface area contributed by atoms with Crippen LogP contribution < -0.4 is 10.6 Å². The molecule has 4 atom stereocenters. The summed E-state index contributed by atoms with van der Waals surface area (Å²) in [6.45, 7) is 3.68. The number of rotatable bonds is 7. The summed E-state index contributed by atoms with van der Waals surface area (Å²) in [6, 6.07) is 7.54. The summed E-state index contributed by atoms with van der Waals surface area (Å²) in [5.41, 5.74) is 2.07. The Hall–Kier alpha value is -2.30. The molecule has 2 aromatic heterocycles. The van der Waals surface area contributed by atoms with Crippen LogP contribution in [-0.2, 0) is 11.3 Å². The van der Waals surface area contributed by atoms with Gasteiger partial charge < -0.3 is 25.6 Å². The van der Waals surface area contributed by atoms with Crippen LogP contribution in [0.2, 0.25) is 5.02 Å². The van der Waals surface area contributed by atoms with Crippen LogP contribution >= 0.6 is 11.6 Å². The predicted molar refractivity (Wildman–Crippen MR) is 109 cm³/mol. The van der Waals surface area contributed by atoms with Crippen molar-refractivity contribution >= 4 is 28.6 Å². The fourth-order valence-electron chi connectivity index (χ4n) is 3.41. The highest BCUT2D eigenvalue weighted by Gasteiger charge is 2.44. The van der Waals surface area contributed by atoms with Gasteiger partial charge in [-0.05, 0) is 24.2 Å². The van der Waals surface area contributed by atoms with Crippen molar-refractivity contribution in [2.75, 3.05) is 18.4 Å². The number of aliphatic hydroxyl groups is 2. The van der Waals surface area contributed by atoms with Crippen LogP contribution in [0.1, 0.15) is 18.7 Å². The molecule has 154 valence electrons. The first-order valence-corrected chi connectivity index (χ1v) is 9.84. The minimum atomic E-state index is -1.09. The number of hydrogen-bond acceptors (Lipinski definition) is 8. The molecule has 1 aliphatic rings. The van der Waals surface area contributed by atoms with E-state index in [-0.39, 0.29) is 0 Å². The number of likely N-dealkylation sites (N-methyl/N-ethyl adjacent to an activating group) is 1. The normalized spacial score (nSPS) is 24.3. The van der Waals surface area contributed by atoms with Crippen LogP contribution in [0.4, 0.5) is 5.82 Å². The summed E-state index contributed by atoms with van der Waals surface area (Å²) < 4.78 is 7.51. The quantitative estimate of drug-likeness (QED) is 0.454. The number of hydrogen-bond donors (Lipinski definition) is 4. The topological polar surface area (TPSA) is 117 Å². The van der Waals surface area contributed by atoms with Crippen molar-refractivity contribution in [1.29, 1.82) is 0 Å². The lowest BCUT2D eigenvalue weighted by molar-refractivity contribution is -0.0340. The molecule has 9 nitrogen and oxygen atoms in total. The summed E-state index contributed by atoms with van der Waals surface area (Å²) >= 11 is 6.03. The van der Waals surface area contributed by atoms with Crippen LogP contribution in [0.15, 0.2) is 36.9 Å². The van der Waals surface area contributed by atoms with Crippen LogP contribution in [0, 0.1) is 0 Å². The van der Waals surface area contributed by atoms with Gasteiger partial charge in [0.25, 0.3) is 0 Å². The van der Waals surface area contributed by atoms with Crippen LogP contribution in [-0.4, -0.2) is 61.1 Å². The Morgan fingerprint density at radius 3 is 2.86 bits per heavy atom. The third-order valence-electron chi connectivity index (χ3n) is 4.91. The molecule has 0 saturated carbocycles. The Labute approximate surface area is 172 Å². The van der Waals surface area contributed by atoms with E-state index in [1.165, 1.54) is 6.33 Å². The molecule has 4 N–H and O–H groups in total. The maximum absolute atomic E-state index is 10.5. The first-order chi connectivity index (χ1) is 14.1. The second-order valence-corrected chi connectivity index (χ2v) is 7.32. The zero-order chi connectivity index (χ0) is 20.4. The molecule has 1 aromatic carbocycles. The van der Waals surface area contributed by atoms with E-state index in [0.717, 1.165) is 12.1 Å². The number of fused-ring (bicyclic) bond motifs is 1. The lowest BCUT2D eigenvalue weighted by atomic mass is 10.1. The van der Waals surface area contributed by atoms with E-state index in [1.54, 1.807) is 10.9 Å². The monoisotopic (exact) mass is 418 g/mol. The number of anilines is 1. The number of halogens is 1. The smallest absolute Gasteiger partial charge is 0.167 e. The van der Waals surface area contributed by atoms with E-state index in [1.807, 2.05) is 31.2 Å². The van der Waals surface area contributed by atoms with Gasteiger partial charge in [-0.15, -0.1) is 0 Å². The fraction of sp³-hybridized carbons (Fsp3) is 0.421. The molecule has 1 fully saturated rings. The summed E-state index contributed by atoms with van der Waals surface area (Å²) in [5.74, 6) is 0.561.